The molecule has 2 aromatic rings. The summed E-state index contributed by atoms with van der Waals surface area (Å²) in [6.45, 7) is 1.16. The molecule has 0 radical (unpaired) electrons. The zero-order valence-electron chi connectivity index (χ0n) is 14.9. The number of hydrogen-bond donors (Lipinski definition) is 1. The number of anilines is 1. The van der Waals surface area contributed by atoms with Crippen molar-refractivity contribution in [3.05, 3.63) is 63.1 Å². The van der Waals surface area contributed by atoms with Crippen LogP contribution in [0.2, 0.25) is 0 Å². The Hall–Kier alpha value is -2.23. The fraction of sp³-hybridized carbons (Fsp3) is 0.316. The van der Waals surface area contributed by atoms with Gasteiger partial charge in [-0.05, 0) is 42.0 Å². The number of fused-ring (bicyclic) bond motifs is 1. The highest BCUT2D eigenvalue weighted by molar-refractivity contribution is 7.97. The van der Waals surface area contributed by atoms with Crippen molar-refractivity contribution in [2.45, 2.75) is 25.5 Å². The first kappa shape index (κ1) is 19.1. The van der Waals surface area contributed by atoms with Gasteiger partial charge in [-0.2, -0.15) is 0 Å². The van der Waals surface area contributed by atoms with Gasteiger partial charge >= 0.3 is 0 Å². The monoisotopic (exact) mass is 422 g/mol. The lowest BCUT2D eigenvalue weighted by molar-refractivity contribution is 0.104. The molecule has 1 aromatic carbocycles. The van der Waals surface area contributed by atoms with Crippen LogP contribution in [0.15, 0.2) is 46.8 Å². The van der Waals surface area contributed by atoms with Crippen LogP contribution < -0.4 is 9.62 Å². The van der Waals surface area contributed by atoms with E-state index in [1.165, 1.54) is 46.1 Å². The average Bonchev–Trinajstić information content (AvgIpc) is 3.35. The summed E-state index contributed by atoms with van der Waals surface area (Å²) in [5, 5.41) is 4.63. The number of Topliss-reactive ketones (excluding diaryl/α,β-unsaturated/α-hetero) is 1. The van der Waals surface area contributed by atoms with Crippen LogP contribution in [0.5, 0.6) is 0 Å². The third kappa shape index (κ3) is 3.57. The minimum Gasteiger partial charge on any atom is -0.387 e. The van der Waals surface area contributed by atoms with Gasteiger partial charge in [0.15, 0.2) is 4.91 Å². The van der Waals surface area contributed by atoms with Gasteiger partial charge in [-0.25, -0.2) is 12.8 Å². The molecule has 2 aliphatic rings. The third-order valence-electron chi connectivity index (χ3n) is 4.75. The molecule has 0 amide bonds. The number of ether oxygens (including phenoxy) is 1. The largest absolute Gasteiger partial charge is 0.387 e. The Labute approximate surface area is 166 Å². The van der Waals surface area contributed by atoms with E-state index in [1.807, 2.05) is 0 Å². The minimum absolute atomic E-state index is 0.0166. The van der Waals surface area contributed by atoms with E-state index in [4.69, 9.17) is 4.74 Å². The summed E-state index contributed by atoms with van der Waals surface area (Å²) >= 11 is 1.20. The Kier molecular flexibility index (Phi) is 5.22. The highest BCUT2D eigenvalue weighted by Crippen LogP contribution is 2.39. The van der Waals surface area contributed by atoms with Crippen molar-refractivity contribution in [2.24, 2.45) is 0 Å². The molecule has 0 unspecified atom stereocenters. The number of nitrogens with one attached hydrogen (secondary N) is 1. The second-order valence-electron chi connectivity index (χ2n) is 6.65. The highest BCUT2D eigenvalue weighted by atomic mass is 32.2. The molecule has 9 heteroatoms. The van der Waals surface area contributed by atoms with Gasteiger partial charge in [0, 0.05) is 19.4 Å². The van der Waals surface area contributed by atoms with Gasteiger partial charge < -0.3 is 10.1 Å². The van der Waals surface area contributed by atoms with Crippen LogP contribution in [-0.2, 0) is 21.3 Å². The van der Waals surface area contributed by atoms with Crippen molar-refractivity contribution in [3.8, 4) is 0 Å². The maximum Gasteiger partial charge on any atom is 0.270 e. The number of ketones is 1. The van der Waals surface area contributed by atoms with Gasteiger partial charge in [0.25, 0.3) is 10.0 Å². The maximum absolute atomic E-state index is 13.2. The molecule has 1 aromatic heterocycles. The van der Waals surface area contributed by atoms with Gasteiger partial charge in [0.05, 0.1) is 18.3 Å². The molecule has 6 nitrogen and oxygen atoms in total. The molecule has 28 heavy (non-hydrogen) atoms. The molecule has 1 fully saturated rings. The molecular formula is C19H19FN2O4S2. The predicted octanol–water partition coefficient (Wildman–Crippen LogP) is 3.03. The van der Waals surface area contributed by atoms with E-state index >= 15 is 0 Å². The summed E-state index contributed by atoms with van der Waals surface area (Å²) in [7, 11) is -4.05. The fourth-order valence-corrected chi connectivity index (χ4v) is 5.81. The van der Waals surface area contributed by atoms with Gasteiger partial charge in [-0.15, -0.1) is 11.3 Å². The van der Waals surface area contributed by atoms with Crippen LogP contribution in [0.4, 0.5) is 10.1 Å². The molecule has 0 saturated carbocycles. The average molecular weight is 423 g/mol. The van der Waals surface area contributed by atoms with E-state index in [-0.39, 0.29) is 17.6 Å². The molecular weight excluding hydrogens is 403 g/mol. The quantitative estimate of drug-likeness (QED) is 0.750. The van der Waals surface area contributed by atoms with Crippen LogP contribution in [0, 0.1) is 5.82 Å². The summed E-state index contributed by atoms with van der Waals surface area (Å²) in [5.74, 6) is -0.907. The number of thiophene rings is 1. The molecule has 1 N–H and O–H groups in total. The summed E-state index contributed by atoms with van der Waals surface area (Å²) < 4.78 is 46.3. The predicted molar refractivity (Wildman–Crippen MR) is 105 cm³/mol. The van der Waals surface area contributed by atoms with E-state index in [9.17, 15) is 17.6 Å². The van der Waals surface area contributed by atoms with Crippen LogP contribution in [0.25, 0.3) is 0 Å². The van der Waals surface area contributed by atoms with Gasteiger partial charge in [0.2, 0.25) is 5.78 Å². The number of nitrogens with zero attached hydrogens (tertiary/aromatic N) is 1. The van der Waals surface area contributed by atoms with Gasteiger partial charge in [0.1, 0.15) is 10.7 Å². The zero-order chi connectivity index (χ0) is 19.7. The SMILES string of the molecule is O=C1/C(=C/NC[C@@H]2CCCO2)S(=O)(=O)N(Cc2ccc(F)cc2)c2ccsc21. The third-order valence-corrected chi connectivity index (χ3v) is 7.42. The van der Waals surface area contributed by atoms with E-state index in [0.717, 1.165) is 12.8 Å². The molecule has 0 aliphatic carbocycles. The van der Waals surface area contributed by atoms with Crippen molar-refractivity contribution in [2.75, 3.05) is 17.5 Å². The Morgan fingerprint density at radius 2 is 2.07 bits per heavy atom. The number of sulfonamides is 1. The maximum atomic E-state index is 13.2. The van der Waals surface area contributed by atoms with Crippen LogP contribution >= 0.6 is 11.3 Å². The van der Waals surface area contributed by atoms with Crippen LogP contribution in [0.1, 0.15) is 28.1 Å². The van der Waals surface area contributed by atoms with E-state index < -0.39 is 21.6 Å². The Bertz CT molecular complexity index is 1010. The Morgan fingerprint density at radius 3 is 2.79 bits per heavy atom. The second kappa shape index (κ2) is 7.65. The lowest BCUT2D eigenvalue weighted by atomic mass is 10.2. The minimum atomic E-state index is -4.05. The van der Waals surface area contributed by atoms with Gasteiger partial charge in [-0.1, -0.05) is 12.1 Å². The number of benzene rings is 1. The number of rotatable bonds is 5. The standard InChI is InChI=1S/C19H19FN2O4S2/c20-14-5-3-13(4-6-14)12-22-16-7-9-27-19(16)18(23)17(28(22,24)25)11-21-10-15-2-1-8-26-15/h3-7,9,11,15,21H,1-2,8,10,12H2/b17-11-/t15-/m0/s1. The second-order valence-corrected chi connectivity index (χ2v) is 9.40. The molecule has 148 valence electrons. The van der Waals surface area contributed by atoms with Gasteiger partial charge in [-0.3, -0.25) is 9.10 Å². The molecule has 2 aliphatic heterocycles. The molecule has 0 bridgehead atoms. The summed E-state index contributed by atoms with van der Waals surface area (Å²) in [6.07, 6.45) is 3.18. The number of allylic oxidation sites excluding steroid dienone is 1. The smallest absolute Gasteiger partial charge is 0.270 e. The first-order valence-corrected chi connectivity index (χ1v) is 11.2. The summed E-state index contributed by atoms with van der Waals surface area (Å²) in [5.41, 5.74) is 0.985. The van der Waals surface area contributed by atoms with E-state index in [2.05, 4.69) is 5.32 Å². The highest BCUT2D eigenvalue weighted by Gasteiger charge is 2.41. The van der Waals surface area contributed by atoms with Crippen molar-refractivity contribution in [1.29, 1.82) is 0 Å². The lowest BCUT2D eigenvalue weighted by Crippen LogP contribution is -2.39. The summed E-state index contributed by atoms with van der Waals surface area (Å²) in [6, 6.07) is 7.26. The van der Waals surface area contributed by atoms with Crippen LogP contribution in [-0.4, -0.2) is 33.5 Å². The lowest BCUT2D eigenvalue weighted by Gasteiger charge is -2.29. The van der Waals surface area contributed by atoms with E-state index in [1.54, 1.807) is 11.4 Å². The van der Waals surface area contributed by atoms with E-state index in [0.29, 0.717) is 29.3 Å². The number of hydrogen-bond acceptors (Lipinski definition) is 6. The number of carbonyl (C=O) groups excluding carboxylic acids is 1. The fourth-order valence-electron chi connectivity index (χ4n) is 3.30. The Morgan fingerprint density at radius 1 is 1.29 bits per heavy atom. The number of carbonyl (C=O) groups is 1. The first-order chi connectivity index (χ1) is 13.5. The normalized spacial score (nSPS) is 22.5. The molecule has 4 rings (SSSR count). The van der Waals surface area contributed by atoms with Crippen molar-refractivity contribution >= 4 is 32.8 Å². The van der Waals surface area contributed by atoms with Crippen molar-refractivity contribution < 1.29 is 22.3 Å². The number of halogens is 1. The van der Waals surface area contributed by atoms with Crippen LogP contribution in [0.3, 0.4) is 0 Å². The molecule has 0 spiro atoms. The molecule has 1 atom stereocenters. The van der Waals surface area contributed by atoms with Crippen molar-refractivity contribution in [1.82, 2.24) is 5.32 Å². The molecule has 1 saturated heterocycles. The Balaban J connectivity index is 1.64. The zero-order valence-corrected chi connectivity index (χ0v) is 16.6. The summed E-state index contributed by atoms with van der Waals surface area (Å²) in [4.78, 5) is 12.9. The molecule has 3 heterocycles. The first-order valence-electron chi connectivity index (χ1n) is 8.91. The van der Waals surface area contributed by atoms with Crippen molar-refractivity contribution in [3.63, 3.8) is 0 Å². The topological polar surface area (TPSA) is 75.7 Å².